The molecule has 1 radical (unpaired) electrons. The molecule has 1 aliphatic heterocycles. The van der Waals surface area contributed by atoms with Crippen LogP contribution in [0.2, 0.25) is 0 Å². The lowest BCUT2D eigenvalue weighted by atomic mass is 9.99. The van der Waals surface area contributed by atoms with Gasteiger partial charge in [-0.3, -0.25) is 4.79 Å². The molecule has 1 aliphatic carbocycles. The van der Waals surface area contributed by atoms with E-state index in [9.17, 15) is 4.79 Å². The number of benzene rings is 2. The SMILES string of the molecule is COc1ccc(-c2ccc3c(c2)CNC3=O)c(OC[C]2CC2)c1OC. The van der Waals surface area contributed by atoms with Gasteiger partial charge in [-0.1, -0.05) is 6.07 Å². The van der Waals surface area contributed by atoms with Crippen LogP contribution in [0.25, 0.3) is 11.1 Å². The Balaban J connectivity index is 1.78. The largest absolute Gasteiger partial charge is 0.493 e. The minimum Gasteiger partial charge on any atom is -0.493 e. The highest BCUT2D eigenvalue weighted by atomic mass is 16.5. The third-order valence-corrected chi connectivity index (χ3v) is 4.62. The van der Waals surface area contributed by atoms with Crippen molar-refractivity contribution in [2.75, 3.05) is 20.8 Å². The van der Waals surface area contributed by atoms with Crippen LogP contribution in [0.3, 0.4) is 0 Å². The number of amides is 1. The number of rotatable bonds is 6. The minimum absolute atomic E-state index is 0.0181. The topological polar surface area (TPSA) is 56.8 Å². The molecule has 2 aromatic rings. The molecule has 0 unspecified atom stereocenters. The highest BCUT2D eigenvalue weighted by Gasteiger charge is 2.26. The first kappa shape index (κ1) is 15.8. The smallest absolute Gasteiger partial charge is 0.251 e. The zero-order chi connectivity index (χ0) is 17.4. The van der Waals surface area contributed by atoms with Gasteiger partial charge in [0, 0.05) is 23.6 Å². The van der Waals surface area contributed by atoms with Gasteiger partial charge < -0.3 is 19.5 Å². The van der Waals surface area contributed by atoms with Gasteiger partial charge in [-0.2, -0.15) is 0 Å². The van der Waals surface area contributed by atoms with Gasteiger partial charge in [0.25, 0.3) is 5.91 Å². The van der Waals surface area contributed by atoms with Crippen LogP contribution in [0.1, 0.15) is 28.8 Å². The highest BCUT2D eigenvalue weighted by molar-refractivity contribution is 5.99. The third kappa shape index (κ3) is 2.90. The molecule has 1 heterocycles. The maximum atomic E-state index is 11.8. The van der Waals surface area contributed by atoms with Crippen LogP contribution in [-0.4, -0.2) is 26.7 Å². The van der Waals surface area contributed by atoms with E-state index in [0.29, 0.717) is 30.4 Å². The zero-order valence-corrected chi connectivity index (χ0v) is 14.3. The van der Waals surface area contributed by atoms with Crippen molar-refractivity contribution < 1.29 is 19.0 Å². The van der Waals surface area contributed by atoms with E-state index in [0.717, 1.165) is 35.1 Å². The van der Waals surface area contributed by atoms with Crippen LogP contribution in [0.15, 0.2) is 30.3 Å². The number of carbonyl (C=O) groups is 1. The normalized spacial score (nSPS) is 15.5. The maximum Gasteiger partial charge on any atom is 0.251 e. The van der Waals surface area contributed by atoms with Gasteiger partial charge in [0.15, 0.2) is 11.5 Å². The molecule has 1 fully saturated rings. The predicted octanol–water partition coefficient (Wildman–Crippen LogP) is 3.36. The fraction of sp³-hybridized carbons (Fsp3) is 0.300. The average Bonchev–Trinajstić information content (AvgIpc) is 3.41. The number of nitrogens with one attached hydrogen (secondary N) is 1. The number of hydrogen-bond donors (Lipinski definition) is 1. The van der Waals surface area contributed by atoms with Gasteiger partial charge in [-0.15, -0.1) is 0 Å². The first-order valence-electron chi connectivity index (χ1n) is 8.34. The van der Waals surface area contributed by atoms with Gasteiger partial charge in [0.1, 0.15) is 0 Å². The predicted molar refractivity (Wildman–Crippen MR) is 94.1 cm³/mol. The molecule has 0 spiro atoms. The van der Waals surface area contributed by atoms with Gasteiger partial charge in [-0.05, 0) is 48.2 Å². The molecule has 25 heavy (non-hydrogen) atoms. The maximum absolute atomic E-state index is 11.8. The molecule has 0 saturated heterocycles. The Kier molecular flexibility index (Phi) is 3.99. The summed E-state index contributed by atoms with van der Waals surface area (Å²) in [5.74, 6) is 3.30. The second kappa shape index (κ2) is 6.31. The third-order valence-electron chi connectivity index (χ3n) is 4.62. The molecule has 0 bridgehead atoms. The number of fused-ring (bicyclic) bond motifs is 1. The summed E-state index contributed by atoms with van der Waals surface area (Å²) in [5, 5.41) is 2.85. The van der Waals surface area contributed by atoms with Crippen molar-refractivity contribution in [1.29, 1.82) is 0 Å². The van der Waals surface area contributed by atoms with Crippen LogP contribution in [0.5, 0.6) is 17.2 Å². The van der Waals surface area contributed by atoms with Crippen LogP contribution < -0.4 is 19.5 Å². The summed E-state index contributed by atoms with van der Waals surface area (Å²) in [6.45, 7) is 1.16. The van der Waals surface area contributed by atoms with Crippen molar-refractivity contribution >= 4 is 5.91 Å². The summed E-state index contributed by atoms with van der Waals surface area (Å²) in [6.07, 6.45) is 2.27. The summed E-state index contributed by atoms with van der Waals surface area (Å²) in [5.41, 5.74) is 3.66. The molecular formula is C20H20NO4. The Morgan fingerprint density at radius 3 is 2.52 bits per heavy atom. The Labute approximate surface area is 146 Å². The molecule has 0 atom stereocenters. The lowest BCUT2D eigenvalue weighted by molar-refractivity contribution is 0.0966. The lowest BCUT2D eigenvalue weighted by Gasteiger charge is -2.18. The minimum atomic E-state index is -0.0181. The second-order valence-electron chi connectivity index (χ2n) is 6.27. The molecule has 5 nitrogen and oxygen atoms in total. The fourth-order valence-electron chi connectivity index (χ4n) is 3.08. The van der Waals surface area contributed by atoms with Crippen molar-refractivity contribution in [2.45, 2.75) is 19.4 Å². The molecule has 2 aromatic carbocycles. The number of ether oxygens (including phenoxy) is 3. The van der Waals surface area contributed by atoms with Crippen molar-refractivity contribution in [1.82, 2.24) is 5.32 Å². The van der Waals surface area contributed by atoms with Gasteiger partial charge >= 0.3 is 0 Å². The van der Waals surface area contributed by atoms with E-state index < -0.39 is 0 Å². The first-order valence-corrected chi connectivity index (χ1v) is 8.34. The molecule has 0 aromatic heterocycles. The number of methoxy groups -OCH3 is 2. The van der Waals surface area contributed by atoms with E-state index in [1.807, 2.05) is 30.3 Å². The molecule has 5 heteroatoms. The zero-order valence-electron chi connectivity index (χ0n) is 14.3. The van der Waals surface area contributed by atoms with Gasteiger partial charge in [0.2, 0.25) is 5.75 Å². The second-order valence-corrected chi connectivity index (χ2v) is 6.27. The number of hydrogen-bond acceptors (Lipinski definition) is 4. The molecule has 2 aliphatic rings. The molecule has 129 valence electrons. The summed E-state index contributed by atoms with van der Waals surface area (Å²) in [6, 6.07) is 9.69. The quantitative estimate of drug-likeness (QED) is 0.877. The molecule has 1 N–H and O–H groups in total. The van der Waals surface area contributed by atoms with E-state index in [-0.39, 0.29) is 5.91 Å². The Morgan fingerprint density at radius 2 is 1.80 bits per heavy atom. The van der Waals surface area contributed by atoms with E-state index in [1.165, 1.54) is 5.92 Å². The van der Waals surface area contributed by atoms with Crippen molar-refractivity contribution in [3.05, 3.63) is 47.4 Å². The lowest BCUT2D eigenvalue weighted by Crippen LogP contribution is -2.12. The summed E-state index contributed by atoms with van der Waals surface area (Å²) in [4.78, 5) is 11.8. The Morgan fingerprint density at radius 1 is 1.00 bits per heavy atom. The van der Waals surface area contributed by atoms with Crippen LogP contribution in [-0.2, 0) is 6.54 Å². The van der Waals surface area contributed by atoms with Crippen molar-refractivity contribution in [2.24, 2.45) is 0 Å². The van der Waals surface area contributed by atoms with Crippen molar-refractivity contribution in [3.8, 4) is 28.4 Å². The molecule has 1 saturated carbocycles. The standard InChI is InChI=1S/C20H20NO4/c1-23-17-8-7-15(18(19(17)24-2)25-11-12-3-4-12)13-5-6-16-14(9-13)10-21-20(16)22/h5-9H,3-4,10-11H2,1-2H3,(H,21,22). The Hall–Kier alpha value is -2.69. The van der Waals surface area contributed by atoms with E-state index >= 15 is 0 Å². The van der Waals surface area contributed by atoms with E-state index in [2.05, 4.69) is 5.32 Å². The Bertz CT molecular complexity index is 827. The van der Waals surface area contributed by atoms with Crippen LogP contribution >= 0.6 is 0 Å². The van der Waals surface area contributed by atoms with E-state index in [1.54, 1.807) is 14.2 Å². The first-order chi connectivity index (χ1) is 12.2. The summed E-state index contributed by atoms with van der Waals surface area (Å²) < 4.78 is 17.1. The summed E-state index contributed by atoms with van der Waals surface area (Å²) in [7, 11) is 3.23. The summed E-state index contributed by atoms with van der Waals surface area (Å²) >= 11 is 0. The molecular weight excluding hydrogens is 318 g/mol. The number of carbonyl (C=O) groups excluding carboxylic acids is 1. The average molecular weight is 338 g/mol. The molecule has 1 amide bonds. The van der Waals surface area contributed by atoms with Crippen LogP contribution in [0, 0.1) is 5.92 Å². The highest BCUT2D eigenvalue weighted by Crippen LogP contribution is 2.46. The fourth-order valence-corrected chi connectivity index (χ4v) is 3.08. The van der Waals surface area contributed by atoms with Crippen LogP contribution in [0.4, 0.5) is 0 Å². The monoisotopic (exact) mass is 338 g/mol. The van der Waals surface area contributed by atoms with E-state index in [4.69, 9.17) is 14.2 Å². The van der Waals surface area contributed by atoms with Gasteiger partial charge in [0.05, 0.1) is 20.8 Å². The van der Waals surface area contributed by atoms with Gasteiger partial charge in [-0.25, -0.2) is 0 Å². The molecule has 4 rings (SSSR count). The van der Waals surface area contributed by atoms with Crippen molar-refractivity contribution in [3.63, 3.8) is 0 Å².